The molecule has 13 heteroatoms. The third-order valence-electron chi connectivity index (χ3n) is 8.50. The average Bonchev–Trinajstić information content (AvgIpc) is 3.55. The number of aromatic nitrogens is 2. The molecule has 11 nitrogen and oxygen atoms in total. The molecule has 2 aliphatic heterocycles. The van der Waals surface area contributed by atoms with Gasteiger partial charge in [0.15, 0.2) is 23.1 Å². The summed E-state index contributed by atoms with van der Waals surface area (Å²) in [5.74, 6) is -0.598. The van der Waals surface area contributed by atoms with Gasteiger partial charge in [-0.05, 0) is 48.5 Å². The Hall–Kier alpha value is -5.53. The van der Waals surface area contributed by atoms with E-state index < -0.39 is 23.1 Å². The van der Waals surface area contributed by atoms with Crippen molar-refractivity contribution >= 4 is 22.5 Å². The molecule has 2 aromatic heterocycles. The second-order valence-electron chi connectivity index (χ2n) is 11.6. The molecule has 3 aromatic carbocycles. The van der Waals surface area contributed by atoms with Crippen LogP contribution >= 0.6 is 0 Å². The lowest BCUT2D eigenvalue weighted by molar-refractivity contribution is -0.0334. The molecule has 49 heavy (non-hydrogen) atoms. The van der Waals surface area contributed by atoms with Crippen LogP contribution in [0.2, 0.25) is 0 Å². The normalized spacial score (nSPS) is 14.2. The van der Waals surface area contributed by atoms with Gasteiger partial charge >= 0.3 is 0 Å². The molecule has 0 radical (unpaired) electrons. The molecule has 1 amide bonds. The Kier molecular flexibility index (Phi) is 8.85. The van der Waals surface area contributed by atoms with Gasteiger partial charge in [0.25, 0.3) is 11.5 Å². The van der Waals surface area contributed by atoms with Crippen molar-refractivity contribution in [2.24, 2.45) is 0 Å². The van der Waals surface area contributed by atoms with Gasteiger partial charge < -0.3 is 29.0 Å². The van der Waals surface area contributed by atoms with Crippen LogP contribution < -0.4 is 29.8 Å². The third-order valence-corrected chi connectivity index (χ3v) is 8.50. The summed E-state index contributed by atoms with van der Waals surface area (Å²) in [6, 6.07) is 14.3. The summed E-state index contributed by atoms with van der Waals surface area (Å²) in [4.78, 5) is 33.6. The monoisotopic (exact) mass is 670 g/mol. The number of pyridine rings is 2. The molecule has 1 fully saturated rings. The fraction of sp³-hybridized carbons (Fsp3) is 0.250. The number of nitrogens with one attached hydrogen (secondary N) is 1. The highest BCUT2D eigenvalue weighted by molar-refractivity contribution is 6.06. The molecule has 0 atom stereocenters. The molecule has 2 aliphatic rings. The van der Waals surface area contributed by atoms with Crippen molar-refractivity contribution in [1.82, 2.24) is 14.5 Å². The van der Waals surface area contributed by atoms with Crippen LogP contribution in [0.15, 0.2) is 77.9 Å². The topological polar surface area (TPSA) is 113 Å². The summed E-state index contributed by atoms with van der Waals surface area (Å²) in [6.07, 6.45) is 3.87. The molecule has 0 aliphatic carbocycles. The van der Waals surface area contributed by atoms with Crippen molar-refractivity contribution in [3.05, 3.63) is 106 Å². The summed E-state index contributed by atoms with van der Waals surface area (Å²) >= 11 is 0. The number of amides is 1. The number of anilines is 1. The van der Waals surface area contributed by atoms with Gasteiger partial charge in [0.1, 0.15) is 29.5 Å². The molecule has 7 rings (SSSR count). The first kappa shape index (κ1) is 32.0. The molecule has 0 unspecified atom stereocenters. The molecular formula is C36H32F2N4O7. The SMILES string of the molecule is COc1cc2c(Oc3ccc(NC(=O)c4c5c(cn(-c6ccc(F)cc6)c4=O)CCO5)cc3F)ccnc2cc1OCCN1CC(OC)C1. The minimum Gasteiger partial charge on any atom is -0.493 e. The first-order chi connectivity index (χ1) is 23.8. The molecule has 252 valence electrons. The Labute approximate surface area is 279 Å². The van der Waals surface area contributed by atoms with Crippen molar-refractivity contribution in [3.8, 4) is 34.4 Å². The Morgan fingerprint density at radius 2 is 1.82 bits per heavy atom. The van der Waals surface area contributed by atoms with Gasteiger partial charge in [0.05, 0.1) is 25.3 Å². The number of methoxy groups -OCH3 is 2. The average molecular weight is 671 g/mol. The van der Waals surface area contributed by atoms with E-state index >= 15 is 4.39 Å². The van der Waals surface area contributed by atoms with Gasteiger partial charge in [0.2, 0.25) is 0 Å². The lowest BCUT2D eigenvalue weighted by Gasteiger charge is -2.37. The highest BCUT2D eigenvalue weighted by Crippen LogP contribution is 2.38. The number of rotatable bonds is 11. The number of hydrogen-bond acceptors (Lipinski definition) is 9. The van der Waals surface area contributed by atoms with Crippen molar-refractivity contribution in [2.45, 2.75) is 12.5 Å². The van der Waals surface area contributed by atoms with Gasteiger partial charge in [-0.15, -0.1) is 0 Å². The summed E-state index contributed by atoms with van der Waals surface area (Å²) < 4.78 is 58.7. The van der Waals surface area contributed by atoms with Crippen molar-refractivity contribution in [3.63, 3.8) is 0 Å². The van der Waals surface area contributed by atoms with E-state index in [-0.39, 0.29) is 28.9 Å². The number of carbonyl (C=O) groups is 1. The Bertz CT molecular complexity index is 2100. The second-order valence-corrected chi connectivity index (χ2v) is 11.6. The second kappa shape index (κ2) is 13.5. The van der Waals surface area contributed by atoms with Gasteiger partial charge in [-0.25, -0.2) is 8.78 Å². The summed E-state index contributed by atoms with van der Waals surface area (Å²) in [5, 5.41) is 3.17. The fourth-order valence-corrected chi connectivity index (χ4v) is 5.85. The zero-order chi connectivity index (χ0) is 34.1. The van der Waals surface area contributed by atoms with E-state index in [2.05, 4.69) is 15.2 Å². The van der Waals surface area contributed by atoms with Gasteiger partial charge in [-0.3, -0.25) is 24.0 Å². The highest BCUT2D eigenvalue weighted by atomic mass is 19.1. The van der Waals surface area contributed by atoms with Crippen LogP contribution in [0.5, 0.6) is 28.7 Å². The van der Waals surface area contributed by atoms with Crippen LogP contribution in [0.1, 0.15) is 15.9 Å². The number of halogens is 2. The van der Waals surface area contributed by atoms with Crippen molar-refractivity contribution in [2.75, 3.05) is 52.4 Å². The van der Waals surface area contributed by atoms with Gasteiger partial charge in [-0.2, -0.15) is 0 Å². The first-order valence-electron chi connectivity index (χ1n) is 15.6. The third kappa shape index (κ3) is 6.50. The molecule has 4 heterocycles. The molecule has 1 N–H and O–H groups in total. The van der Waals surface area contributed by atoms with Gasteiger partial charge in [0, 0.05) is 80.0 Å². The zero-order valence-electron chi connectivity index (χ0n) is 26.7. The lowest BCUT2D eigenvalue weighted by Crippen LogP contribution is -2.52. The zero-order valence-corrected chi connectivity index (χ0v) is 26.7. The molecular weight excluding hydrogens is 638 g/mol. The standard InChI is InChI=1S/C36H32F2N4O7/c1-45-25-19-41(20-25)12-14-47-32-17-28-26(16-31(32)46-2)29(9-11-39-28)49-30-8-5-23(15-27(30)38)40-35(43)33-34-21(10-13-48-34)18-42(36(33)44)24-6-3-22(37)4-7-24/h3-9,11,15-18,25H,10,12-14,19-20H2,1-2H3,(H,40,43). The van der Waals surface area contributed by atoms with Crippen LogP contribution in [-0.2, 0) is 11.2 Å². The number of nitrogens with zero attached hydrogens (tertiary/aromatic N) is 3. The number of likely N-dealkylation sites (tertiary alicyclic amines) is 1. The smallest absolute Gasteiger partial charge is 0.271 e. The van der Waals surface area contributed by atoms with E-state index in [1.807, 2.05) is 0 Å². The molecule has 0 spiro atoms. The van der Waals surface area contributed by atoms with E-state index in [1.54, 1.807) is 37.7 Å². The van der Waals surface area contributed by atoms with Crippen molar-refractivity contribution in [1.29, 1.82) is 0 Å². The highest BCUT2D eigenvalue weighted by Gasteiger charge is 2.28. The maximum Gasteiger partial charge on any atom is 0.271 e. The van der Waals surface area contributed by atoms with Crippen LogP contribution in [0.25, 0.3) is 16.6 Å². The Morgan fingerprint density at radius 1 is 1.00 bits per heavy atom. The number of ether oxygens (including phenoxy) is 5. The van der Waals surface area contributed by atoms with Crippen molar-refractivity contribution < 1.29 is 37.3 Å². The van der Waals surface area contributed by atoms with E-state index in [1.165, 1.54) is 48.1 Å². The lowest BCUT2D eigenvalue weighted by atomic mass is 10.1. The van der Waals surface area contributed by atoms with E-state index in [4.69, 9.17) is 23.7 Å². The number of hydrogen-bond donors (Lipinski definition) is 1. The first-order valence-corrected chi connectivity index (χ1v) is 15.6. The minimum atomic E-state index is -0.776. The predicted molar refractivity (Wildman–Crippen MR) is 177 cm³/mol. The number of fused-ring (bicyclic) bond motifs is 2. The van der Waals surface area contributed by atoms with Crippen LogP contribution in [0.4, 0.5) is 14.5 Å². The summed E-state index contributed by atoms with van der Waals surface area (Å²) in [5.41, 5.74) is 0.796. The largest absolute Gasteiger partial charge is 0.493 e. The number of carbonyl (C=O) groups excluding carboxylic acids is 1. The van der Waals surface area contributed by atoms with E-state index in [9.17, 15) is 14.0 Å². The Morgan fingerprint density at radius 3 is 2.57 bits per heavy atom. The molecule has 1 saturated heterocycles. The van der Waals surface area contributed by atoms with E-state index in [0.717, 1.165) is 25.7 Å². The van der Waals surface area contributed by atoms with Gasteiger partial charge in [-0.1, -0.05) is 0 Å². The van der Waals surface area contributed by atoms with Crippen LogP contribution in [0.3, 0.4) is 0 Å². The predicted octanol–water partition coefficient (Wildman–Crippen LogP) is 5.36. The Balaban J connectivity index is 1.09. The quantitative estimate of drug-likeness (QED) is 0.199. The molecule has 0 bridgehead atoms. The number of benzene rings is 3. The summed E-state index contributed by atoms with van der Waals surface area (Å²) in [7, 11) is 3.24. The maximum atomic E-state index is 15.4. The summed E-state index contributed by atoms with van der Waals surface area (Å²) in [6.45, 7) is 3.21. The molecule has 5 aromatic rings. The van der Waals surface area contributed by atoms with Crippen LogP contribution in [-0.4, -0.2) is 73.5 Å². The van der Waals surface area contributed by atoms with E-state index in [0.29, 0.717) is 59.0 Å². The van der Waals surface area contributed by atoms with Crippen LogP contribution in [0, 0.1) is 11.6 Å². The molecule has 0 saturated carbocycles. The maximum absolute atomic E-state index is 15.4. The minimum absolute atomic E-state index is 0.0946. The fourth-order valence-electron chi connectivity index (χ4n) is 5.85.